The minimum absolute atomic E-state index is 0.169. The average molecular weight is 626 g/mol. The van der Waals surface area contributed by atoms with Gasteiger partial charge in [-0.2, -0.15) is 0 Å². The summed E-state index contributed by atoms with van der Waals surface area (Å²) < 4.78 is 21.2. The second kappa shape index (κ2) is 12.3. The van der Waals surface area contributed by atoms with Crippen molar-refractivity contribution in [2.45, 2.75) is 57.1 Å². The number of carbonyl (C=O) groups excluding carboxylic acids is 2. The highest BCUT2D eigenvalue weighted by molar-refractivity contribution is 6.31. The van der Waals surface area contributed by atoms with E-state index in [0.29, 0.717) is 35.3 Å². The first kappa shape index (κ1) is 31.0. The molecule has 2 amide bonds. The number of amides is 2. The summed E-state index contributed by atoms with van der Waals surface area (Å²) in [5.74, 6) is -0.501. The van der Waals surface area contributed by atoms with Crippen molar-refractivity contribution in [2.75, 3.05) is 19.6 Å². The molecule has 0 bridgehead atoms. The first-order valence-electron chi connectivity index (χ1n) is 14.3. The van der Waals surface area contributed by atoms with Crippen LogP contribution in [0.2, 0.25) is 10.0 Å². The minimum Gasteiger partial charge on any atom is -0.478 e. The first-order valence-corrected chi connectivity index (χ1v) is 15.0. The Morgan fingerprint density at radius 2 is 1.77 bits per heavy atom. The Labute approximate surface area is 261 Å². The molecule has 1 fully saturated rings. The number of piperidine rings is 1. The van der Waals surface area contributed by atoms with Gasteiger partial charge in [0, 0.05) is 53.8 Å². The third kappa shape index (κ3) is 6.14. The third-order valence-corrected chi connectivity index (χ3v) is 8.75. The lowest BCUT2D eigenvalue weighted by Crippen LogP contribution is -2.52. The van der Waals surface area contributed by atoms with E-state index >= 15 is 0 Å². The van der Waals surface area contributed by atoms with Crippen LogP contribution in [-0.2, 0) is 15.0 Å². The lowest BCUT2D eigenvalue weighted by molar-refractivity contribution is -0.134. The van der Waals surface area contributed by atoms with E-state index in [4.69, 9.17) is 32.9 Å². The fraction of sp³-hybridized carbons (Fsp3) is 0.364. The quantitative estimate of drug-likeness (QED) is 0.256. The van der Waals surface area contributed by atoms with Gasteiger partial charge in [0.25, 0.3) is 5.91 Å². The van der Waals surface area contributed by atoms with E-state index < -0.39 is 11.0 Å². The zero-order valence-corrected chi connectivity index (χ0v) is 26.1. The fourth-order valence-corrected chi connectivity index (χ4v) is 6.59. The summed E-state index contributed by atoms with van der Waals surface area (Å²) in [5.41, 5.74) is 2.34. The van der Waals surface area contributed by atoms with Crippen LogP contribution in [0.3, 0.4) is 0 Å². The summed E-state index contributed by atoms with van der Waals surface area (Å²) in [6.45, 7) is 8.01. The molecule has 2 aliphatic heterocycles. The number of rotatable bonds is 8. The van der Waals surface area contributed by atoms with Gasteiger partial charge in [0.1, 0.15) is 11.6 Å². The maximum atomic E-state index is 14.7. The lowest BCUT2D eigenvalue weighted by Gasteiger charge is -2.48. The van der Waals surface area contributed by atoms with Gasteiger partial charge in [-0.25, -0.2) is 4.39 Å². The molecular formula is C33H35Cl2FN4O3. The van der Waals surface area contributed by atoms with E-state index in [1.165, 1.54) is 13.0 Å². The number of hydrogen-bond acceptors (Lipinski definition) is 5. The number of benzene rings is 3. The maximum absolute atomic E-state index is 14.7. The molecule has 0 aliphatic carbocycles. The summed E-state index contributed by atoms with van der Waals surface area (Å²) in [6, 6.07) is 15.6. The van der Waals surface area contributed by atoms with Gasteiger partial charge in [-0.3, -0.25) is 14.6 Å². The second-order valence-electron chi connectivity index (χ2n) is 11.6. The van der Waals surface area contributed by atoms with Gasteiger partial charge in [0.2, 0.25) is 5.91 Å². The van der Waals surface area contributed by atoms with Crippen LogP contribution in [0.25, 0.3) is 0 Å². The molecule has 3 aromatic carbocycles. The molecule has 7 nitrogen and oxygen atoms in total. The molecule has 2 aliphatic rings. The number of nitrogens with one attached hydrogen (secondary N) is 3. The molecule has 3 aromatic rings. The number of carbonyl (C=O) groups is 2. The second-order valence-corrected chi connectivity index (χ2v) is 12.5. The number of halogens is 3. The summed E-state index contributed by atoms with van der Waals surface area (Å²) in [5, 5.41) is 10.3. The fourth-order valence-electron chi connectivity index (χ4n) is 6.25. The SMILES string of the molecule is CC(=O)NCCNC(=O)C(C)(C)Oc1ccc(Cl)cc1[C@@H]1CCN[C@@H](c2cc(F)ccc2C)[C@]12C=Nc1cc(Cl)ccc12. The maximum Gasteiger partial charge on any atom is 0.263 e. The zero-order chi connectivity index (χ0) is 30.9. The number of fused-ring (bicyclic) bond motifs is 2. The van der Waals surface area contributed by atoms with Crippen LogP contribution in [0.4, 0.5) is 10.1 Å². The Bertz CT molecular complexity index is 1590. The predicted molar refractivity (Wildman–Crippen MR) is 168 cm³/mol. The van der Waals surface area contributed by atoms with E-state index in [1.807, 2.05) is 37.4 Å². The molecule has 5 rings (SSSR count). The first-order chi connectivity index (χ1) is 20.4. The smallest absolute Gasteiger partial charge is 0.263 e. The standard InChI is InChI=1S/C33H35Cl2FN4O3/c1-19-5-8-23(36)17-24(19)30-33(18-40-28-16-22(35)6-9-27(28)33)26(11-12-38-30)25-15-21(34)7-10-29(25)43-32(3,4)31(42)39-14-13-37-20(2)41/h5-10,15-18,26,30,38H,11-14H2,1-4H3,(H,37,41)(H,39,42)/t26-,30-,33+/m0/s1. The van der Waals surface area contributed by atoms with Crippen LogP contribution in [-0.4, -0.2) is 43.3 Å². The number of nitrogens with zero attached hydrogens (tertiary/aromatic N) is 1. The van der Waals surface area contributed by atoms with Crippen LogP contribution in [0.15, 0.2) is 59.6 Å². The molecule has 10 heteroatoms. The van der Waals surface area contributed by atoms with Gasteiger partial charge >= 0.3 is 0 Å². The topological polar surface area (TPSA) is 91.8 Å². The molecule has 0 unspecified atom stereocenters. The van der Waals surface area contributed by atoms with Crippen molar-refractivity contribution in [3.63, 3.8) is 0 Å². The van der Waals surface area contributed by atoms with Crippen molar-refractivity contribution in [3.05, 3.63) is 92.7 Å². The summed E-state index contributed by atoms with van der Waals surface area (Å²) in [6.07, 6.45) is 2.64. The molecular weight excluding hydrogens is 590 g/mol. The molecule has 0 radical (unpaired) electrons. The van der Waals surface area contributed by atoms with E-state index in [9.17, 15) is 14.0 Å². The van der Waals surface area contributed by atoms with Crippen molar-refractivity contribution in [2.24, 2.45) is 4.99 Å². The van der Waals surface area contributed by atoms with Gasteiger partial charge < -0.3 is 20.7 Å². The van der Waals surface area contributed by atoms with Gasteiger partial charge in [-0.05, 0) is 92.9 Å². The van der Waals surface area contributed by atoms with Crippen molar-refractivity contribution < 1.29 is 18.7 Å². The Morgan fingerprint density at radius 3 is 2.53 bits per heavy atom. The Kier molecular flexibility index (Phi) is 8.84. The molecule has 1 spiro atoms. The van der Waals surface area contributed by atoms with E-state index in [1.54, 1.807) is 38.1 Å². The van der Waals surface area contributed by atoms with Crippen molar-refractivity contribution in [1.82, 2.24) is 16.0 Å². The van der Waals surface area contributed by atoms with Crippen LogP contribution in [0.5, 0.6) is 5.75 Å². The zero-order valence-electron chi connectivity index (χ0n) is 24.6. The molecule has 0 saturated carbocycles. The Morgan fingerprint density at radius 1 is 1.05 bits per heavy atom. The normalized spacial score (nSPS) is 21.0. The highest BCUT2D eigenvalue weighted by Crippen LogP contribution is 2.57. The van der Waals surface area contributed by atoms with Crippen LogP contribution < -0.4 is 20.7 Å². The number of hydrogen-bond donors (Lipinski definition) is 3. The van der Waals surface area contributed by atoms with Crippen LogP contribution >= 0.6 is 23.2 Å². The number of ether oxygens (including phenoxy) is 1. The highest BCUT2D eigenvalue weighted by atomic mass is 35.5. The van der Waals surface area contributed by atoms with Crippen LogP contribution in [0, 0.1) is 12.7 Å². The minimum atomic E-state index is -1.24. The molecule has 226 valence electrons. The summed E-state index contributed by atoms with van der Waals surface area (Å²) in [4.78, 5) is 29.2. The largest absolute Gasteiger partial charge is 0.478 e. The molecule has 3 N–H and O–H groups in total. The Balaban J connectivity index is 1.59. The van der Waals surface area contributed by atoms with Gasteiger partial charge in [-0.1, -0.05) is 35.3 Å². The van der Waals surface area contributed by atoms with Gasteiger partial charge in [-0.15, -0.1) is 0 Å². The Hall–Kier alpha value is -3.46. The molecule has 1 saturated heterocycles. The summed E-state index contributed by atoms with van der Waals surface area (Å²) in [7, 11) is 0. The van der Waals surface area contributed by atoms with Crippen molar-refractivity contribution in [1.29, 1.82) is 0 Å². The third-order valence-electron chi connectivity index (χ3n) is 8.28. The summed E-state index contributed by atoms with van der Waals surface area (Å²) >= 11 is 13.0. The number of aryl methyl sites for hydroxylation is 1. The monoisotopic (exact) mass is 624 g/mol. The van der Waals surface area contributed by atoms with Gasteiger partial charge in [0.15, 0.2) is 5.60 Å². The highest BCUT2D eigenvalue weighted by Gasteiger charge is 2.53. The van der Waals surface area contributed by atoms with E-state index in [-0.39, 0.29) is 36.1 Å². The average Bonchev–Trinajstić information content (AvgIpc) is 3.31. The van der Waals surface area contributed by atoms with Crippen molar-refractivity contribution >= 4 is 46.9 Å². The van der Waals surface area contributed by atoms with E-state index in [0.717, 1.165) is 27.9 Å². The number of aliphatic imine (C=N–C) groups is 1. The van der Waals surface area contributed by atoms with Crippen molar-refractivity contribution in [3.8, 4) is 5.75 Å². The predicted octanol–water partition coefficient (Wildman–Crippen LogP) is 6.32. The molecule has 2 heterocycles. The lowest BCUT2D eigenvalue weighted by atomic mass is 9.59. The molecule has 0 aromatic heterocycles. The van der Waals surface area contributed by atoms with Gasteiger partial charge in [0.05, 0.1) is 11.1 Å². The van der Waals surface area contributed by atoms with Crippen LogP contribution in [0.1, 0.15) is 61.4 Å². The van der Waals surface area contributed by atoms with E-state index in [2.05, 4.69) is 16.0 Å². The molecule has 3 atom stereocenters. The molecule has 43 heavy (non-hydrogen) atoms.